The molecule has 396 valence electrons. The van der Waals surface area contributed by atoms with Gasteiger partial charge in [-0.25, -0.2) is 32.5 Å². The summed E-state index contributed by atoms with van der Waals surface area (Å²) >= 11 is 0. The highest BCUT2D eigenvalue weighted by Gasteiger charge is 2.39. The number of sulfonamides is 1. The van der Waals surface area contributed by atoms with Crippen LogP contribution in [0.4, 0.5) is 10.6 Å². The molecule has 29 nitrogen and oxygen atoms in total. The molecule has 6 N–H and O–H groups in total. The molecule has 2 aromatic carbocycles. The van der Waals surface area contributed by atoms with Gasteiger partial charge in [0.1, 0.15) is 19.8 Å². The quantitative estimate of drug-likeness (QED) is 0.0128. The van der Waals surface area contributed by atoms with E-state index in [2.05, 4.69) is 34.4 Å². The average Bonchev–Trinajstić information content (AvgIpc) is 3.34. The van der Waals surface area contributed by atoms with Gasteiger partial charge in [-0.3, -0.25) is 55.3 Å². The molecule has 0 aliphatic heterocycles. The third kappa shape index (κ3) is 18.9. The maximum absolute atomic E-state index is 15.3. The van der Waals surface area contributed by atoms with Crippen LogP contribution < -0.4 is 18.5 Å². The highest BCUT2D eigenvalue weighted by Crippen LogP contribution is 2.44. The molecule has 4 aromatic rings. The molecular weight excluding hydrogens is 985 g/mol. The summed E-state index contributed by atoms with van der Waals surface area (Å²) in [6, 6.07) is 13.2. The minimum Gasteiger partial charge on any atom is -0.493 e. The second-order valence-electron chi connectivity index (χ2n) is 15.3. The van der Waals surface area contributed by atoms with Crippen LogP contribution in [0.2, 0.25) is 0 Å². The van der Waals surface area contributed by atoms with Crippen molar-refractivity contribution in [3.63, 3.8) is 0 Å². The molecule has 0 amide bonds. The molecule has 0 saturated carbocycles. The van der Waals surface area contributed by atoms with Crippen LogP contribution in [0.15, 0.2) is 71.9 Å². The summed E-state index contributed by atoms with van der Waals surface area (Å²) in [7, 11) is -3.61. The Hall–Kier alpha value is -6.52. The van der Waals surface area contributed by atoms with E-state index in [1.807, 2.05) is 0 Å². The van der Waals surface area contributed by atoms with Gasteiger partial charge in [0.05, 0.1) is 54.6 Å². The predicted octanol–water partition coefficient (Wildman–Crippen LogP) is 4.55. The van der Waals surface area contributed by atoms with Crippen molar-refractivity contribution in [3.05, 3.63) is 72.6 Å². The van der Waals surface area contributed by atoms with Crippen molar-refractivity contribution < 1.29 is 102 Å². The van der Waals surface area contributed by atoms with Gasteiger partial charge in [-0.15, -0.1) is 0 Å². The van der Waals surface area contributed by atoms with Crippen LogP contribution in [0.25, 0.3) is 11.6 Å². The lowest BCUT2D eigenvalue weighted by Crippen LogP contribution is -2.42. The summed E-state index contributed by atoms with van der Waals surface area (Å²) in [6.45, 7) is 2.91. The van der Waals surface area contributed by atoms with E-state index in [1.165, 1.54) is 62.8 Å². The molecule has 0 bridgehead atoms. The van der Waals surface area contributed by atoms with Crippen LogP contribution in [0.5, 0.6) is 23.1 Å². The molecule has 2 aromatic heterocycles. The Morgan fingerprint density at radius 1 is 0.667 bits per heavy atom. The van der Waals surface area contributed by atoms with E-state index in [1.54, 1.807) is 32.0 Å². The van der Waals surface area contributed by atoms with Gasteiger partial charge in [0, 0.05) is 30.7 Å². The predicted molar refractivity (Wildman–Crippen MR) is 236 cm³/mol. The van der Waals surface area contributed by atoms with E-state index >= 15 is 8.42 Å². The first-order valence-corrected chi connectivity index (χ1v) is 23.1. The van der Waals surface area contributed by atoms with E-state index in [-0.39, 0.29) is 106 Å². The monoisotopic (exact) mass is 1040 g/mol. The Balaban J connectivity index is 1.81. The number of carbonyl (C=O) groups is 3. The molecule has 0 spiro atoms. The van der Waals surface area contributed by atoms with Gasteiger partial charge in [-0.2, -0.15) is 4.98 Å². The Labute approximate surface area is 411 Å². The Morgan fingerprint density at radius 3 is 1.83 bits per heavy atom. The number of carbonyl (C=O) groups excluding carboxylic acids is 3. The van der Waals surface area contributed by atoms with Crippen molar-refractivity contribution in [2.24, 2.45) is 0 Å². The van der Waals surface area contributed by atoms with Crippen molar-refractivity contribution in [2.45, 2.75) is 75.8 Å². The first-order valence-electron chi connectivity index (χ1n) is 21.7. The second kappa shape index (κ2) is 29.1. The number of rotatable bonds is 32. The molecule has 1 atom stereocenters. The largest absolute Gasteiger partial charge is 0.510 e. The lowest BCUT2D eigenvalue weighted by Gasteiger charge is -2.31. The summed E-state index contributed by atoms with van der Waals surface area (Å²) in [5, 5.41) is 50.9. The lowest BCUT2D eigenvalue weighted by molar-refractivity contribution is -0.492. The molecule has 0 radical (unpaired) electrons. The molecular formula is C42H56N8O21S. The fourth-order valence-electron chi connectivity index (χ4n) is 5.99. The number of para-hydroxylation sites is 2. The van der Waals surface area contributed by atoms with E-state index in [4.69, 9.17) is 64.4 Å². The number of anilines is 1. The summed E-state index contributed by atoms with van der Waals surface area (Å²) in [4.78, 5) is 68.7. The molecule has 30 heteroatoms. The normalized spacial score (nSPS) is 12.1. The summed E-state index contributed by atoms with van der Waals surface area (Å²) in [5.74, 6) is -3.16. The number of ether oxygens (including phenoxy) is 7. The van der Waals surface area contributed by atoms with Gasteiger partial charge in [-0.05, 0) is 68.5 Å². The Kier molecular flexibility index (Phi) is 23.5. The average molecular weight is 1040 g/mol. The first-order chi connectivity index (χ1) is 34.3. The van der Waals surface area contributed by atoms with Crippen molar-refractivity contribution >= 4 is 33.9 Å². The number of methoxy groups -OCH3 is 1. The molecule has 72 heavy (non-hydrogen) atoms. The zero-order valence-electron chi connectivity index (χ0n) is 39.4. The Morgan fingerprint density at radius 2 is 1.24 bits per heavy atom. The number of benzene rings is 2. The van der Waals surface area contributed by atoms with Crippen LogP contribution in [-0.2, 0) is 58.5 Å². The maximum atomic E-state index is 15.3. The van der Waals surface area contributed by atoms with Crippen LogP contribution in [-0.4, -0.2) is 153 Å². The van der Waals surface area contributed by atoms with Gasteiger partial charge in [0.25, 0.3) is 15.9 Å². The van der Waals surface area contributed by atoms with Crippen LogP contribution in [0.3, 0.4) is 0 Å². The topological polar surface area (TPSA) is 364 Å². The van der Waals surface area contributed by atoms with Gasteiger partial charge in [0.15, 0.2) is 29.4 Å². The molecule has 1 unspecified atom stereocenters. The highest BCUT2D eigenvalue weighted by molar-refractivity contribution is 7.92. The zero-order chi connectivity index (χ0) is 52.7. The van der Waals surface area contributed by atoms with Gasteiger partial charge in [0.2, 0.25) is 11.6 Å². The van der Waals surface area contributed by atoms with Gasteiger partial charge in [-0.1, -0.05) is 38.1 Å². The zero-order valence-corrected chi connectivity index (χ0v) is 40.2. The maximum Gasteiger partial charge on any atom is 0.510 e. The van der Waals surface area contributed by atoms with Crippen molar-refractivity contribution in [3.8, 4) is 34.8 Å². The minimum absolute atomic E-state index is 0.00112. The van der Waals surface area contributed by atoms with Gasteiger partial charge >= 0.3 is 18.1 Å². The fourth-order valence-corrected chi connectivity index (χ4v) is 7.48. The molecule has 2 heterocycles. The molecule has 0 aliphatic carbocycles. The van der Waals surface area contributed by atoms with Crippen molar-refractivity contribution in [1.82, 2.24) is 36.1 Å². The number of hydrogen-bond acceptors (Lipinski definition) is 28. The van der Waals surface area contributed by atoms with Crippen LogP contribution in [0.1, 0.15) is 64.9 Å². The highest BCUT2D eigenvalue weighted by atomic mass is 32.2. The third-order valence-corrected chi connectivity index (χ3v) is 11.3. The summed E-state index contributed by atoms with van der Waals surface area (Å²) in [5.41, 5.74) is -0.353. The Bertz CT molecular complexity index is 2420. The van der Waals surface area contributed by atoms with E-state index in [9.17, 15) is 14.4 Å². The lowest BCUT2D eigenvalue weighted by atomic mass is 9.86. The summed E-state index contributed by atoms with van der Waals surface area (Å²) in [6.07, 6.45) is -0.204. The standard InChI is InChI=1S/C42H56N8O21S/c1-29(70-41(53)65-22-7-8-23-67-48(54)55)47(72(60,61)31-18-16-30(17-19-31)42(2,3)28-66-35(52)15-10-25-69-50(58)59)39-36(71-33-13-6-5-12-32(33)62-4)40(46-38(45-39)37-43-20-11-21-44-37)64-27-26-63-34(51)14-9-24-68-49(56)57/h5-6,11-13,16-21,29,54-59H,7-10,14-15,22-28H2,1-4H3. The number of esters is 2. The van der Waals surface area contributed by atoms with Crippen molar-refractivity contribution in [2.75, 3.05) is 57.7 Å². The van der Waals surface area contributed by atoms with Gasteiger partial charge < -0.3 is 33.2 Å². The molecule has 4 rings (SSSR count). The fraction of sp³-hybridized carbons (Fsp3) is 0.452. The SMILES string of the molecule is COc1ccccc1Oc1c(OCCOC(=O)CCCON(O)O)nc(-c2ncccn2)nc1N(C(C)OC(=O)OCCCCON(O)O)S(=O)(=O)c1ccc(C(C)(C)COC(=O)CCCON(O)O)cc1. The van der Waals surface area contributed by atoms with Crippen LogP contribution in [0, 0.1) is 0 Å². The molecule has 0 saturated heterocycles. The number of aromatic nitrogens is 4. The molecule has 0 aliphatic rings. The third-order valence-electron chi connectivity index (χ3n) is 9.47. The van der Waals surface area contributed by atoms with E-state index < -0.39 is 80.0 Å². The first kappa shape index (κ1) is 58.1. The van der Waals surface area contributed by atoms with Crippen molar-refractivity contribution in [1.29, 1.82) is 0 Å². The summed E-state index contributed by atoms with van der Waals surface area (Å²) < 4.78 is 70.6. The van der Waals surface area contributed by atoms with E-state index in [0.29, 0.717) is 9.87 Å². The minimum atomic E-state index is -4.96. The molecule has 0 fully saturated rings. The smallest absolute Gasteiger partial charge is 0.493 e. The number of nitrogens with zero attached hydrogens (tertiary/aromatic N) is 8. The number of unbranched alkanes of at least 4 members (excludes halogenated alkanes) is 1. The van der Waals surface area contributed by atoms with E-state index in [0.717, 1.165) is 0 Å². The number of hydrogen-bond donors (Lipinski definition) is 6. The second-order valence-corrected chi connectivity index (χ2v) is 17.1. The van der Waals surface area contributed by atoms with Crippen LogP contribution >= 0.6 is 0 Å².